The summed E-state index contributed by atoms with van der Waals surface area (Å²) in [6.07, 6.45) is -4.59. The van der Waals surface area contributed by atoms with Gasteiger partial charge in [0.15, 0.2) is 0 Å². The highest BCUT2D eigenvalue weighted by molar-refractivity contribution is 6.01. The van der Waals surface area contributed by atoms with Crippen LogP contribution in [0.3, 0.4) is 0 Å². The first kappa shape index (κ1) is 15.9. The molecule has 0 unspecified atom stereocenters. The topological polar surface area (TPSA) is 75.6 Å². The van der Waals surface area contributed by atoms with Crippen molar-refractivity contribution in [3.8, 4) is 0 Å². The zero-order valence-electron chi connectivity index (χ0n) is 9.83. The van der Waals surface area contributed by atoms with Crippen LogP contribution in [0.1, 0.15) is 10.4 Å². The third-order valence-corrected chi connectivity index (χ3v) is 2.01. The maximum absolute atomic E-state index is 13.4. The number of rotatable bonds is 5. The van der Waals surface area contributed by atoms with E-state index in [0.29, 0.717) is 0 Å². The maximum atomic E-state index is 13.4. The van der Waals surface area contributed by atoms with Gasteiger partial charge in [-0.25, -0.2) is 9.18 Å². The van der Waals surface area contributed by atoms with E-state index in [0.717, 1.165) is 18.2 Å². The molecule has 0 aromatic heterocycles. The molecule has 0 fully saturated rings. The second kappa shape index (κ2) is 6.33. The lowest BCUT2D eigenvalue weighted by Crippen LogP contribution is -2.25. The van der Waals surface area contributed by atoms with Gasteiger partial charge < -0.3 is 15.2 Å². The Bertz CT molecular complexity index is 516. The summed E-state index contributed by atoms with van der Waals surface area (Å²) in [5.74, 6) is -3.60. The molecule has 20 heavy (non-hydrogen) atoms. The van der Waals surface area contributed by atoms with Crippen molar-refractivity contribution in [1.29, 1.82) is 0 Å². The molecule has 0 aliphatic carbocycles. The van der Waals surface area contributed by atoms with Crippen molar-refractivity contribution < 1.29 is 37.0 Å². The molecule has 0 saturated heterocycles. The number of hydrogen-bond acceptors (Lipinski definition) is 3. The molecule has 0 heterocycles. The molecule has 9 heteroatoms. The molecular formula is C11H9F4NO4. The summed E-state index contributed by atoms with van der Waals surface area (Å²) in [6.45, 7) is -2.61. The minimum absolute atomic E-state index is 0.519. The highest BCUT2D eigenvalue weighted by Gasteiger charge is 2.28. The molecule has 0 atom stereocenters. The van der Waals surface area contributed by atoms with Gasteiger partial charge in [0.05, 0.1) is 11.3 Å². The monoisotopic (exact) mass is 295 g/mol. The van der Waals surface area contributed by atoms with Crippen molar-refractivity contribution >= 4 is 17.6 Å². The number of amides is 1. The second-order valence-corrected chi connectivity index (χ2v) is 3.62. The van der Waals surface area contributed by atoms with Crippen molar-refractivity contribution in [3.63, 3.8) is 0 Å². The summed E-state index contributed by atoms with van der Waals surface area (Å²) < 4.78 is 52.8. The lowest BCUT2D eigenvalue weighted by Gasteiger charge is -2.10. The van der Waals surface area contributed by atoms with Crippen LogP contribution in [0.25, 0.3) is 0 Å². The number of halogens is 4. The van der Waals surface area contributed by atoms with Crippen LogP contribution in [0.4, 0.5) is 23.2 Å². The normalized spacial score (nSPS) is 11.2. The third-order valence-electron chi connectivity index (χ3n) is 2.01. The van der Waals surface area contributed by atoms with E-state index >= 15 is 0 Å². The molecule has 0 bridgehead atoms. The predicted molar refractivity (Wildman–Crippen MR) is 58.9 cm³/mol. The van der Waals surface area contributed by atoms with Crippen LogP contribution in [-0.4, -0.2) is 36.4 Å². The van der Waals surface area contributed by atoms with E-state index in [-0.39, 0.29) is 0 Å². The Labute approximate surface area is 110 Å². The number of benzene rings is 1. The number of carbonyl (C=O) groups is 2. The molecule has 0 saturated carbocycles. The van der Waals surface area contributed by atoms with Crippen molar-refractivity contribution in [3.05, 3.63) is 29.6 Å². The van der Waals surface area contributed by atoms with Gasteiger partial charge in [-0.3, -0.25) is 4.79 Å². The fourth-order valence-corrected chi connectivity index (χ4v) is 1.26. The summed E-state index contributed by atoms with van der Waals surface area (Å²) in [5, 5.41) is 10.6. The Morgan fingerprint density at radius 3 is 2.50 bits per heavy atom. The Morgan fingerprint density at radius 2 is 1.95 bits per heavy atom. The lowest BCUT2D eigenvalue weighted by atomic mass is 10.1. The Balaban J connectivity index is 2.69. The minimum atomic E-state index is -4.59. The van der Waals surface area contributed by atoms with Gasteiger partial charge in [0.25, 0.3) is 0 Å². The summed E-state index contributed by atoms with van der Waals surface area (Å²) in [4.78, 5) is 22.1. The number of hydrogen-bond donors (Lipinski definition) is 2. The standard InChI is InChI=1S/C11H9F4NO4/c12-7-3-1-2-6(10(18)19)9(7)16-8(17)4-20-5-11(13,14)15/h1-3H,4-5H2,(H,16,17)(H,18,19). The number of para-hydroxylation sites is 1. The number of anilines is 1. The molecule has 110 valence electrons. The van der Waals surface area contributed by atoms with Gasteiger partial charge in [-0.1, -0.05) is 6.07 Å². The number of aromatic carboxylic acids is 1. The summed E-state index contributed by atoms with van der Waals surface area (Å²) in [5.41, 5.74) is -1.14. The number of carbonyl (C=O) groups excluding carboxylic acids is 1. The highest BCUT2D eigenvalue weighted by atomic mass is 19.4. The SMILES string of the molecule is O=C(COCC(F)(F)F)Nc1c(F)cccc1C(=O)O. The molecule has 1 aromatic carbocycles. The van der Waals surface area contributed by atoms with E-state index in [2.05, 4.69) is 4.74 Å². The summed E-state index contributed by atoms with van der Waals surface area (Å²) in [6, 6.07) is 3.06. The van der Waals surface area contributed by atoms with Gasteiger partial charge in [-0.2, -0.15) is 13.2 Å². The fraction of sp³-hybridized carbons (Fsp3) is 0.273. The van der Waals surface area contributed by atoms with Crippen LogP contribution < -0.4 is 5.32 Å². The molecule has 1 rings (SSSR count). The van der Waals surface area contributed by atoms with Crippen molar-refractivity contribution in [1.82, 2.24) is 0 Å². The Morgan fingerprint density at radius 1 is 1.30 bits per heavy atom. The van der Waals surface area contributed by atoms with Crippen LogP contribution in [0.15, 0.2) is 18.2 Å². The van der Waals surface area contributed by atoms with E-state index in [1.807, 2.05) is 5.32 Å². The van der Waals surface area contributed by atoms with Gasteiger partial charge in [0.1, 0.15) is 19.0 Å². The Hall–Kier alpha value is -2.16. The molecule has 2 N–H and O–H groups in total. The van der Waals surface area contributed by atoms with Crippen LogP contribution in [0.2, 0.25) is 0 Å². The largest absolute Gasteiger partial charge is 0.478 e. The number of nitrogens with one attached hydrogen (secondary N) is 1. The first-order valence-electron chi connectivity index (χ1n) is 5.17. The molecule has 0 aliphatic rings. The Kier molecular flexibility index (Phi) is 5.03. The quantitative estimate of drug-likeness (QED) is 0.815. The van der Waals surface area contributed by atoms with Crippen LogP contribution in [0, 0.1) is 5.82 Å². The number of carboxylic acids is 1. The summed E-state index contributed by atoms with van der Waals surface area (Å²) >= 11 is 0. The average molecular weight is 295 g/mol. The van der Waals surface area contributed by atoms with Gasteiger partial charge in [0, 0.05) is 0 Å². The van der Waals surface area contributed by atoms with Crippen molar-refractivity contribution in [2.24, 2.45) is 0 Å². The van der Waals surface area contributed by atoms with Crippen LogP contribution in [0.5, 0.6) is 0 Å². The molecule has 0 radical (unpaired) electrons. The van der Waals surface area contributed by atoms with E-state index in [1.165, 1.54) is 0 Å². The van der Waals surface area contributed by atoms with Crippen LogP contribution >= 0.6 is 0 Å². The second-order valence-electron chi connectivity index (χ2n) is 3.62. The van der Waals surface area contributed by atoms with E-state index in [4.69, 9.17) is 5.11 Å². The van der Waals surface area contributed by atoms with Gasteiger partial charge >= 0.3 is 12.1 Å². The molecule has 5 nitrogen and oxygen atoms in total. The van der Waals surface area contributed by atoms with E-state index in [9.17, 15) is 27.2 Å². The molecule has 0 spiro atoms. The number of carboxylic acid groups (broad SMARTS) is 1. The van der Waals surface area contributed by atoms with Gasteiger partial charge in [0.2, 0.25) is 5.91 Å². The molecule has 1 aromatic rings. The van der Waals surface area contributed by atoms with E-state index in [1.54, 1.807) is 0 Å². The molecule has 1 amide bonds. The first-order chi connectivity index (χ1) is 9.20. The smallest absolute Gasteiger partial charge is 0.411 e. The number of ether oxygens (including phenoxy) is 1. The maximum Gasteiger partial charge on any atom is 0.411 e. The van der Waals surface area contributed by atoms with E-state index < -0.39 is 48.3 Å². The van der Waals surface area contributed by atoms with Gasteiger partial charge in [-0.15, -0.1) is 0 Å². The van der Waals surface area contributed by atoms with Crippen LogP contribution in [-0.2, 0) is 9.53 Å². The van der Waals surface area contributed by atoms with Gasteiger partial charge in [-0.05, 0) is 12.1 Å². The fourth-order valence-electron chi connectivity index (χ4n) is 1.26. The van der Waals surface area contributed by atoms with Crippen molar-refractivity contribution in [2.45, 2.75) is 6.18 Å². The average Bonchev–Trinajstić information content (AvgIpc) is 2.29. The number of alkyl halides is 3. The highest BCUT2D eigenvalue weighted by Crippen LogP contribution is 2.20. The van der Waals surface area contributed by atoms with Crippen molar-refractivity contribution in [2.75, 3.05) is 18.5 Å². The third kappa shape index (κ3) is 4.84. The zero-order valence-corrected chi connectivity index (χ0v) is 9.83. The molecular weight excluding hydrogens is 286 g/mol. The minimum Gasteiger partial charge on any atom is -0.478 e. The predicted octanol–water partition coefficient (Wildman–Crippen LogP) is 2.04. The lowest BCUT2D eigenvalue weighted by molar-refractivity contribution is -0.174. The molecule has 0 aliphatic heterocycles. The zero-order chi connectivity index (χ0) is 15.3. The summed E-state index contributed by atoms with van der Waals surface area (Å²) in [7, 11) is 0. The first-order valence-corrected chi connectivity index (χ1v) is 5.17.